The fourth-order valence-corrected chi connectivity index (χ4v) is 3.77. The largest absolute Gasteiger partial charge is 0.388 e. The Morgan fingerprint density at radius 1 is 1.40 bits per heavy atom. The first-order valence-electron chi connectivity index (χ1n) is 9.07. The molecule has 1 amide bonds. The lowest BCUT2D eigenvalue weighted by molar-refractivity contribution is -0.133. The Morgan fingerprint density at radius 2 is 2.20 bits per heavy atom. The van der Waals surface area contributed by atoms with Crippen molar-refractivity contribution in [3.05, 3.63) is 24.3 Å². The Balaban J connectivity index is 1.55. The minimum atomic E-state index is -0.713. The lowest BCUT2D eigenvalue weighted by Crippen LogP contribution is -2.52. The zero-order valence-corrected chi connectivity index (χ0v) is 14.9. The van der Waals surface area contributed by atoms with Gasteiger partial charge in [-0.05, 0) is 25.3 Å². The second-order valence-corrected chi connectivity index (χ2v) is 7.31. The van der Waals surface area contributed by atoms with Crippen LogP contribution in [0.15, 0.2) is 18.6 Å². The molecule has 2 fully saturated rings. The van der Waals surface area contributed by atoms with Crippen molar-refractivity contribution in [2.75, 3.05) is 45.9 Å². The highest BCUT2D eigenvalue weighted by Crippen LogP contribution is 2.25. The van der Waals surface area contributed by atoms with Gasteiger partial charge < -0.3 is 14.7 Å². The van der Waals surface area contributed by atoms with Crippen molar-refractivity contribution in [3.8, 4) is 0 Å². The zero-order chi connectivity index (χ0) is 17.7. The number of hydrogen-bond donors (Lipinski definition) is 1. The molecular formula is C18H28N4O3. The number of hydrogen-bond acceptors (Lipinski definition) is 6. The molecule has 0 radical (unpaired) electrons. The van der Waals surface area contributed by atoms with E-state index in [2.05, 4.69) is 14.9 Å². The molecule has 7 heteroatoms. The number of aromatic nitrogens is 2. The standard InChI is InChI=1S/C18H28N4O3/c1-15(23)22-6-3-18(24,4-7-22)13-21-8-9-25-12-16(11-21)10-17-2-5-19-14-20-17/h2,5,14,16,24H,3-4,6-13H2,1H3/t16-/m0/s1. The van der Waals surface area contributed by atoms with Crippen molar-refractivity contribution < 1.29 is 14.6 Å². The topological polar surface area (TPSA) is 78.8 Å². The van der Waals surface area contributed by atoms with Gasteiger partial charge in [-0.1, -0.05) is 0 Å². The summed E-state index contributed by atoms with van der Waals surface area (Å²) in [6.45, 7) is 6.65. The molecule has 7 nitrogen and oxygen atoms in total. The highest BCUT2D eigenvalue weighted by molar-refractivity contribution is 5.73. The Hall–Kier alpha value is -1.57. The number of amides is 1. The number of nitrogens with zero attached hydrogens (tertiary/aromatic N) is 4. The van der Waals surface area contributed by atoms with E-state index in [0.717, 1.165) is 31.8 Å². The Kier molecular flexibility index (Phi) is 5.98. The van der Waals surface area contributed by atoms with E-state index < -0.39 is 5.60 Å². The molecule has 2 saturated heterocycles. The van der Waals surface area contributed by atoms with E-state index in [1.165, 1.54) is 0 Å². The fourth-order valence-electron chi connectivity index (χ4n) is 3.77. The van der Waals surface area contributed by atoms with E-state index in [0.29, 0.717) is 45.0 Å². The first kappa shape index (κ1) is 18.2. The smallest absolute Gasteiger partial charge is 0.219 e. The van der Waals surface area contributed by atoms with Crippen LogP contribution in [0.1, 0.15) is 25.5 Å². The van der Waals surface area contributed by atoms with Gasteiger partial charge in [-0.25, -0.2) is 9.97 Å². The monoisotopic (exact) mass is 348 g/mol. The maximum Gasteiger partial charge on any atom is 0.219 e. The molecule has 0 unspecified atom stereocenters. The van der Waals surface area contributed by atoms with Crippen LogP contribution < -0.4 is 0 Å². The number of ether oxygens (including phenoxy) is 1. The van der Waals surface area contributed by atoms with Gasteiger partial charge >= 0.3 is 0 Å². The van der Waals surface area contributed by atoms with Crippen LogP contribution in [0.4, 0.5) is 0 Å². The third-order valence-electron chi connectivity index (χ3n) is 5.22. The van der Waals surface area contributed by atoms with Crippen LogP contribution in [0.25, 0.3) is 0 Å². The molecule has 0 aromatic carbocycles. The van der Waals surface area contributed by atoms with Crippen LogP contribution in [-0.2, 0) is 16.0 Å². The second kappa shape index (κ2) is 8.21. The van der Waals surface area contributed by atoms with Gasteiger partial charge in [0.15, 0.2) is 0 Å². The van der Waals surface area contributed by atoms with Crippen LogP contribution in [0.5, 0.6) is 0 Å². The molecule has 1 aromatic rings. The van der Waals surface area contributed by atoms with Crippen LogP contribution in [0, 0.1) is 5.92 Å². The third-order valence-corrected chi connectivity index (χ3v) is 5.22. The Bertz CT molecular complexity index is 561. The summed E-state index contributed by atoms with van der Waals surface area (Å²) in [7, 11) is 0. The summed E-state index contributed by atoms with van der Waals surface area (Å²) >= 11 is 0. The molecule has 3 rings (SSSR count). The van der Waals surface area contributed by atoms with Gasteiger partial charge in [0.1, 0.15) is 6.33 Å². The van der Waals surface area contributed by atoms with Crippen LogP contribution in [-0.4, -0.2) is 82.3 Å². The molecule has 0 spiro atoms. The second-order valence-electron chi connectivity index (χ2n) is 7.31. The quantitative estimate of drug-likeness (QED) is 0.845. The maximum absolute atomic E-state index is 11.5. The highest BCUT2D eigenvalue weighted by atomic mass is 16.5. The average molecular weight is 348 g/mol. The number of rotatable bonds is 4. The van der Waals surface area contributed by atoms with Gasteiger partial charge in [0.2, 0.25) is 5.91 Å². The molecule has 2 aliphatic heterocycles. The molecule has 0 aliphatic carbocycles. The predicted molar refractivity (Wildman–Crippen MR) is 92.9 cm³/mol. The SMILES string of the molecule is CC(=O)N1CCC(O)(CN2CCOC[C@@H](Cc3ccncn3)C2)CC1. The average Bonchev–Trinajstić information content (AvgIpc) is 2.80. The maximum atomic E-state index is 11.5. The van der Waals surface area contributed by atoms with E-state index in [-0.39, 0.29) is 5.91 Å². The molecule has 1 N–H and O–H groups in total. The number of carbonyl (C=O) groups is 1. The van der Waals surface area contributed by atoms with E-state index in [1.807, 2.05) is 11.0 Å². The molecule has 1 aromatic heterocycles. The summed E-state index contributed by atoms with van der Waals surface area (Å²) in [6, 6.07) is 1.94. The van der Waals surface area contributed by atoms with Gasteiger partial charge in [0.05, 0.1) is 18.8 Å². The van der Waals surface area contributed by atoms with Crippen LogP contribution >= 0.6 is 0 Å². The van der Waals surface area contributed by atoms with E-state index in [4.69, 9.17) is 4.74 Å². The number of likely N-dealkylation sites (tertiary alicyclic amines) is 1. The molecule has 0 bridgehead atoms. The summed E-state index contributed by atoms with van der Waals surface area (Å²) in [5.41, 5.74) is 0.314. The number of β-amino-alcohol motifs (C(OH)–C–C–N with tert-alkyl or cyclic N) is 1. The minimum Gasteiger partial charge on any atom is -0.388 e. The Labute approximate surface area is 149 Å². The fraction of sp³-hybridized carbons (Fsp3) is 0.722. The summed E-state index contributed by atoms with van der Waals surface area (Å²) in [5, 5.41) is 10.9. The van der Waals surface area contributed by atoms with Crippen molar-refractivity contribution in [2.45, 2.75) is 31.8 Å². The third kappa shape index (κ3) is 5.20. The van der Waals surface area contributed by atoms with Gasteiger partial charge in [0, 0.05) is 57.5 Å². The van der Waals surface area contributed by atoms with E-state index in [9.17, 15) is 9.90 Å². The lowest BCUT2D eigenvalue weighted by atomic mass is 9.90. The van der Waals surface area contributed by atoms with E-state index in [1.54, 1.807) is 19.4 Å². The number of aliphatic hydroxyl groups is 1. The van der Waals surface area contributed by atoms with Gasteiger partial charge in [-0.3, -0.25) is 9.69 Å². The molecule has 1 atom stereocenters. The van der Waals surface area contributed by atoms with Gasteiger partial charge in [-0.2, -0.15) is 0 Å². The summed E-state index contributed by atoms with van der Waals surface area (Å²) in [4.78, 5) is 23.9. The number of carbonyl (C=O) groups excluding carboxylic acids is 1. The van der Waals surface area contributed by atoms with Gasteiger partial charge in [-0.15, -0.1) is 0 Å². The van der Waals surface area contributed by atoms with Crippen molar-refractivity contribution >= 4 is 5.91 Å². The summed E-state index contributed by atoms with van der Waals surface area (Å²) in [5.74, 6) is 0.452. The molecule has 0 saturated carbocycles. The van der Waals surface area contributed by atoms with Crippen molar-refractivity contribution in [3.63, 3.8) is 0 Å². The van der Waals surface area contributed by atoms with Crippen molar-refractivity contribution in [1.29, 1.82) is 0 Å². The predicted octanol–water partition coefficient (Wildman–Crippen LogP) is 0.341. The zero-order valence-electron chi connectivity index (χ0n) is 14.9. The van der Waals surface area contributed by atoms with Crippen LogP contribution in [0.3, 0.4) is 0 Å². The number of piperidine rings is 1. The molecule has 2 aliphatic rings. The molecule has 25 heavy (non-hydrogen) atoms. The lowest BCUT2D eigenvalue weighted by Gasteiger charge is -2.40. The van der Waals surface area contributed by atoms with E-state index >= 15 is 0 Å². The molecule has 3 heterocycles. The first-order chi connectivity index (χ1) is 12.0. The minimum absolute atomic E-state index is 0.0927. The summed E-state index contributed by atoms with van der Waals surface area (Å²) in [6.07, 6.45) is 5.48. The molecule has 138 valence electrons. The molecular weight excluding hydrogens is 320 g/mol. The van der Waals surface area contributed by atoms with Crippen LogP contribution in [0.2, 0.25) is 0 Å². The highest BCUT2D eigenvalue weighted by Gasteiger charge is 2.35. The summed E-state index contributed by atoms with van der Waals surface area (Å²) < 4.78 is 5.76. The van der Waals surface area contributed by atoms with Crippen molar-refractivity contribution in [2.24, 2.45) is 5.92 Å². The first-order valence-corrected chi connectivity index (χ1v) is 9.07. The Morgan fingerprint density at radius 3 is 2.88 bits per heavy atom. The van der Waals surface area contributed by atoms with Crippen molar-refractivity contribution in [1.82, 2.24) is 19.8 Å². The normalized spacial score (nSPS) is 24.7. The van der Waals surface area contributed by atoms with Gasteiger partial charge in [0.25, 0.3) is 0 Å².